The zero-order valence-corrected chi connectivity index (χ0v) is 17.6. The van der Waals surface area contributed by atoms with Gasteiger partial charge in [0.1, 0.15) is 12.0 Å². The Labute approximate surface area is 169 Å². The number of hydrogen-bond acceptors (Lipinski definition) is 3. The van der Waals surface area contributed by atoms with Crippen molar-refractivity contribution in [1.82, 2.24) is 0 Å². The van der Waals surface area contributed by atoms with Gasteiger partial charge in [-0.25, -0.2) is 0 Å². The first-order valence-electron chi connectivity index (χ1n) is 11.0. The van der Waals surface area contributed by atoms with Crippen molar-refractivity contribution in [1.29, 1.82) is 0 Å². The topological polar surface area (TPSA) is 46.5 Å². The second-order valence-corrected chi connectivity index (χ2v) is 9.45. The average molecular weight is 383 g/mol. The molecule has 4 rings (SSSR count). The maximum absolute atomic E-state index is 12.8. The first kappa shape index (κ1) is 19.7. The summed E-state index contributed by atoms with van der Waals surface area (Å²) in [5, 5.41) is 10.9. The van der Waals surface area contributed by atoms with Gasteiger partial charge in [0, 0.05) is 5.41 Å². The van der Waals surface area contributed by atoms with Crippen LogP contribution in [0.3, 0.4) is 0 Å². The molecule has 0 heterocycles. The Morgan fingerprint density at radius 3 is 2.82 bits per heavy atom. The number of aliphatic hydroxyl groups excluding tert-OH is 1. The summed E-state index contributed by atoms with van der Waals surface area (Å²) >= 11 is 0. The molecule has 1 aromatic carbocycles. The molecule has 3 heteroatoms. The second-order valence-electron chi connectivity index (χ2n) is 9.45. The number of fused-ring (bicyclic) bond motifs is 5. The number of allylic oxidation sites excluding steroid dienone is 2. The Kier molecular flexibility index (Phi) is 5.16. The predicted octanol–water partition coefficient (Wildman–Crippen LogP) is 5.34. The molecule has 1 saturated carbocycles. The van der Waals surface area contributed by atoms with Crippen molar-refractivity contribution in [2.75, 3.05) is 7.11 Å². The average Bonchev–Trinajstić information content (AvgIpc) is 3.02. The van der Waals surface area contributed by atoms with Crippen LogP contribution in [0.1, 0.15) is 76.3 Å². The van der Waals surface area contributed by atoms with E-state index in [9.17, 15) is 9.90 Å². The van der Waals surface area contributed by atoms with Crippen LogP contribution in [0.25, 0.3) is 5.57 Å². The van der Waals surface area contributed by atoms with Crippen LogP contribution in [0, 0.1) is 16.7 Å². The van der Waals surface area contributed by atoms with Crippen LogP contribution >= 0.6 is 0 Å². The van der Waals surface area contributed by atoms with Crippen LogP contribution in [-0.2, 0) is 11.2 Å². The molecule has 0 radical (unpaired) electrons. The molecule has 0 aromatic heterocycles. The Morgan fingerprint density at radius 1 is 1.29 bits per heavy atom. The minimum Gasteiger partial charge on any atom is -0.497 e. The van der Waals surface area contributed by atoms with Crippen LogP contribution in [0.5, 0.6) is 5.75 Å². The Bertz CT molecular complexity index is 795. The third-order valence-electron chi connectivity index (χ3n) is 8.00. The lowest BCUT2D eigenvalue weighted by Crippen LogP contribution is -2.49. The quantitative estimate of drug-likeness (QED) is 0.533. The summed E-state index contributed by atoms with van der Waals surface area (Å²) in [4.78, 5) is 12.8. The van der Waals surface area contributed by atoms with E-state index in [1.54, 1.807) is 7.11 Å². The highest BCUT2D eigenvalue weighted by molar-refractivity contribution is 5.91. The molecule has 0 amide bonds. The number of carbonyl (C=O) groups is 1. The van der Waals surface area contributed by atoms with Crippen molar-refractivity contribution in [2.24, 2.45) is 16.7 Å². The van der Waals surface area contributed by atoms with Gasteiger partial charge in [-0.2, -0.15) is 0 Å². The summed E-state index contributed by atoms with van der Waals surface area (Å²) in [7, 11) is 1.71. The zero-order chi connectivity index (χ0) is 19.9. The van der Waals surface area contributed by atoms with Gasteiger partial charge in [-0.1, -0.05) is 38.3 Å². The van der Waals surface area contributed by atoms with E-state index in [0.717, 1.165) is 50.7 Å². The van der Waals surface area contributed by atoms with Crippen molar-refractivity contribution in [3.8, 4) is 5.75 Å². The monoisotopic (exact) mass is 382 g/mol. The molecule has 0 unspecified atom stereocenters. The van der Waals surface area contributed by atoms with Crippen LogP contribution in [0.4, 0.5) is 0 Å². The molecule has 0 aliphatic heterocycles. The van der Waals surface area contributed by atoms with Crippen LogP contribution in [0.15, 0.2) is 23.8 Å². The van der Waals surface area contributed by atoms with Crippen LogP contribution in [-0.4, -0.2) is 24.6 Å². The van der Waals surface area contributed by atoms with Gasteiger partial charge in [0.25, 0.3) is 0 Å². The van der Waals surface area contributed by atoms with Gasteiger partial charge >= 0.3 is 0 Å². The van der Waals surface area contributed by atoms with Crippen molar-refractivity contribution >= 4 is 11.9 Å². The fourth-order valence-electron chi connectivity index (χ4n) is 6.59. The fraction of sp³-hybridized carbons (Fsp3) is 0.640. The molecule has 1 aromatic rings. The number of benzene rings is 1. The zero-order valence-electron chi connectivity index (χ0n) is 17.6. The Morgan fingerprint density at radius 2 is 2.11 bits per heavy atom. The van der Waals surface area contributed by atoms with Gasteiger partial charge in [0.2, 0.25) is 0 Å². The number of rotatable bonds is 6. The number of methoxy groups -OCH3 is 1. The van der Waals surface area contributed by atoms with Crippen molar-refractivity contribution < 1.29 is 14.6 Å². The van der Waals surface area contributed by atoms with Gasteiger partial charge in [-0.15, -0.1) is 0 Å². The third-order valence-corrected chi connectivity index (χ3v) is 8.00. The van der Waals surface area contributed by atoms with E-state index in [2.05, 4.69) is 26.0 Å². The lowest BCUT2D eigenvalue weighted by Gasteiger charge is -2.53. The van der Waals surface area contributed by atoms with Gasteiger partial charge in [0.05, 0.1) is 18.6 Å². The highest BCUT2D eigenvalue weighted by Crippen LogP contribution is 2.66. The molecular weight excluding hydrogens is 348 g/mol. The molecule has 28 heavy (non-hydrogen) atoms. The van der Waals surface area contributed by atoms with E-state index < -0.39 is 5.41 Å². The smallest absolute Gasteiger partial charge is 0.130 e. The second kappa shape index (κ2) is 7.33. The molecule has 1 fully saturated rings. The summed E-state index contributed by atoms with van der Waals surface area (Å²) in [6.07, 6.45) is 10.0. The summed E-state index contributed by atoms with van der Waals surface area (Å²) < 4.78 is 5.45. The molecule has 0 saturated heterocycles. The number of unbranched alkanes of at least 4 members (excludes halogenated alkanes) is 2. The minimum absolute atomic E-state index is 0.171. The minimum atomic E-state index is -0.437. The van der Waals surface area contributed by atoms with Gasteiger partial charge in [0.15, 0.2) is 0 Å². The van der Waals surface area contributed by atoms with Crippen LogP contribution in [0.2, 0.25) is 0 Å². The molecule has 4 atom stereocenters. The number of carbonyl (C=O) groups excluding carboxylic acids is 1. The van der Waals surface area contributed by atoms with E-state index >= 15 is 0 Å². The van der Waals surface area contributed by atoms with E-state index in [-0.39, 0.29) is 17.4 Å². The summed E-state index contributed by atoms with van der Waals surface area (Å²) in [6, 6.07) is 6.36. The predicted molar refractivity (Wildman–Crippen MR) is 112 cm³/mol. The third kappa shape index (κ3) is 2.77. The number of aldehydes is 1. The largest absolute Gasteiger partial charge is 0.497 e. The maximum Gasteiger partial charge on any atom is 0.130 e. The van der Waals surface area contributed by atoms with Crippen molar-refractivity contribution in [3.05, 3.63) is 34.9 Å². The SMILES string of the molecule is CCCCCC1=C2c3ccc(OC)cc3CC[C@@]2(C=O)[C@@H]2CC[C@H](O)[C@@]2(C)C1. The molecule has 1 N–H and O–H groups in total. The van der Waals surface area contributed by atoms with Gasteiger partial charge in [-0.3, -0.25) is 0 Å². The first-order valence-corrected chi connectivity index (χ1v) is 11.0. The van der Waals surface area contributed by atoms with E-state index in [1.165, 1.54) is 41.4 Å². The standard InChI is InChI=1S/C25H34O3/c1-4-5-6-7-18-15-24(2)21(10-11-22(24)27)25(16-26)13-12-17-14-19(28-3)8-9-20(17)23(18)25/h8-9,14,16,21-22,27H,4-7,10-13,15H2,1-3H3/t21-,22+,24+,25-/m1/s1. The lowest BCUT2D eigenvalue weighted by molar-refractivity contribution is -0.120. The van der Waals surface area contributed by atoms with Gasteiger partial charge in [-0.05, 0) is 79.7 Å². The lowest BCUT2D eigenvalue weighted by atomic mass is 9.50. The summed E-state index contributed by atoms with van der Waals surface area (Å²) in [6.45, 7) is 4.47. The van der Waals surface area contributed by atoms with Crippen molar-refractivity contribution in [2.45, 2.75) is 77.7 Å². The molecule has 3 aliphatic rings. The number of aliphatic hydroxyl groups is 1. The van der Waals surface area contributed by atoms with Crippen LogP contribution < -0.4 is 4.74 Å². The normalized spacial score (nSPS) is 33.9. The molecule has 3 nitrogen and oxygen atoms in total. The maximum atomic E-state index is 12.8. The summed E-state index contributed by atoms with van der Waals surface area (Å²) in [5.41, 5.74) is 4.69. The number of ether oxygens (including phenoxy) is 1. The molecule has 152 valence electrons. The number of hydrogen-bond donors (Lipinski definition) is 1. The Hall–Kier alpha value is -1.61. The van der Waals surface area contributed by atoms with E-state index in [1.807, 2.05) is 6.07 Å². The Balaban J connectivity index is 1.90. The first-order chi connectivity index (χ1) is 13.5. The van der Waals surface area contributed by atoms with Gasteiger partial charge < -0.3 is 14.6 Å². The highest BCUT2D eigenvalue weighted by atomic mass is 16.5. The van der Waals surface area contributed by atoms with E-state index in [4.69, 9.17) is 4.74 Å². The molecule has 3 aliphatic carbocycles. The van der Waals surface area contributed by atoms with E-state index in [0.29, 0.717) is 0 Å². The number of aryl methyl sites for hydroxylation is 1. The molecule has 0 bridgehead atoms. The molecule has 0 spiro atoms. The highest BCUT2D eigenvalue weighted by Gasteiger charge is 2.60. The molecular formula is C25H34O3. The summed E-state index contributed by atoms with van der Waals surface area (Å²) in [5.74, 6) is 1.13. The fourth-order valence-corrected chi connectivity index (χ4v) is 6.59. The van der Waals surface area contributed by atoms with Crippen molar-refractivity contribution in [3.63, 3.8) is 0 Å².